The van der Waals surface area contributed by atoms with Crippen LogP contribution in [-0.4, -0.2) is 51.2 Å². The van der Waals surface area contributed by atoms with Crippen LogP contribution in [0.3, 0.4) is 0 Å². The minimum Gasteiger partial charge on any atom is -0.508 e. The number of rotatable bonds is 10. The zero-order chi connectivity index (χ0) is 23.8. The number of nitrogens with one attached hydrogen (secondary N) is 2. The molecule has 3 unspecified atom stereocenters. The molecule has 0 aliphatic rings. The molecule has 0 saturated heterocycles. The SMILES string of the molecule is CC(C)C(NC(=O)C(N)Cc1ccc(O)cc1)C(=O)NC(Cc1ccc(O)cc1)C(=O)O. The fourth-order valence-electron chi connectivity index (χ4n) is 3.10. The molecular weight excluding hydrogens is 414 g/mol. The Hall–Kier alpha value is -3.59. The molecule has 0 aliphatic carbocycles. The molecule has 0 spiro atoms. The molecule has 2 rings (SSSR count). The second-order valence-electron chi connectivity index (χ2n) is 7.98. The number of carboxylic acids is 1. The number of nitrogens with two attached hydrogens (primary N) is 1. The fourth-order valence-corrected chi connectivity index (χ4v) is 3.10. The first-order chi connectivity index (χ1) is 15.1. The molecule has 0 fully saturated rings. The average Bonchev–Trinajstić information content (AvgIpc) is 2.73. The number of carbonyl (C=O) groups is 3. The van der Waals surface area contributed by atoms with Gasteiger partial charge in [-0.1, -0.05) is 38.1 Å². The Morgan fingerprint density at radius 3 is 1.72 bits per heavy atom. The summed E-state index contributed by atoms with van der Waals surface area (Å²) in [7, 11) is 0. The van der Waals surface area contributed by atoms with Crippen molar-refractivity contribution in [2.75, 3.05) is 0 Å². The van der Waals surface area contributed by atoms with E-state index in [2.05, 4.69) is 10.6 Å². The van der Waals surface area contributed by atoms with E-state index in [0.29, 0.717) is 5.56 Å². The molecule has 2 aromatic carbocycles. The van der Waals surface area contributed by atoms with Gasteiger partial charge in [0.15, 0.2) is 0 Å². The number of phenols is 2. The van der Waals surface area contributed by atoms with Crippen LogP contribution in [0.2, 0.25) is 0 Å². The summed E-state index contributed by atoms with van der Waals surface area (Å²) < 4.78 is 0. The van der Waals surface area contributed by atoms with Crippen molar-refractivity contribution in [1.82, 2.24) is 10.6 Å². The Morgan fingerprint density at radius 1 is 0.812 bits per heavy atom. The summed E-state index contributed by atoms with van der Waals surface area (Å²) in [6.07, 6.45) is 0.220. The van der Waals surface area contributed by atoms with Gasteiger partial charge in [0.2, 0.25) is 11.8 Å². The molecule has 0 aliphatic heterocycles. The van der Waals surface area contributed by atoms with Gasteiger partial charge in [-0.25, -0.2) is 4.79 Å². The van der Waals surface area contributed by atoms with Crippen LogP contribution in [0.4, 0.5) is 0 Å². The van der Waals surface area contributed by atoms with Crippen molar-refractivity contribution in [1.29, 1.82) is 0 Å². The van der Waals surface area contributed by atoms with Gasteiger partial charge in [0.05, 0.1) is 6.04 Å². The smallest absolute Gasteiger partial charge is 0.326 e. The second kappa shape index (κ2) is 11.1. The van der Waals surface area contributed by atoms with E-state index < -0.39 is 35.9 Å². The van der Waals surface area contributed by atoms with E-state index in [9.17, 15) is 29.7 Å². The van der Waals surface area contributed by atoms with E-state index in [0.717, 1.165) is 5.56 Å². The van der Waals surface area contributed by atoms with Crippen LogP contribution in [-0.2, 0) is 27.2 Å². The molecule has 2 amide bonds. The summed E-state index contributed by atoms with van der Waals surface area (Å²) >= 11 is 0. The molecule has 0 saturated carbocycles. The zero-order valence-electron chi connectivity index (χ0n) is 18.0. The monoisotopic (exact) mass is 443 g/mol. The van der Waals surface area contributed by atoms with Crippen LogP contribution < -0.4 is 16.4 Å². The Bertz CT molecular complexity index is 928. The molecule has 3 atom stereocenters. The number of benzene rings is 2. The highest BCUT2D eigenvalue weighted by Gasteiger charge is 2.30. The third kappa shape index (κ3) is 7.28. The van der Waals surface area contributed by atoms with Gasteiger partial charge >= 0.3 is 5.97 Å². The van der Waals surface area contributed by atoms with Crippen molar-refractivity contribution in [3.63, 3.8) is 0 Å². The van der Waals surface area contributed by atoms with Gasteiger partial charge in [-0.05, 0) is 47.7 Å². The maximum absolute atomic E-state index is 12.8. The minimum absolute atomic E-state index is 0.0144. The highest BCUT2D eigenvalue weighted by molar-refractivity contribution is 5.92. The Kier molecular flexibility index (Phi) is 8.60. The first kappa shape index (κ1) is 24.7. The van der Waals surface area contributed by atoms with Crippen molar-refractivity contribution in [3.05, 3.63) is 59.7 Å². The molecule has 9 nitrogen and oxygen atoms in total. The molecule has 0 heterocycles. The molecule has 32 heavy (non-hydrogen) atoms. The third-order valence-corrected chi connectivity index (χ3v) is 4.97. The Morgan fingerprint density at radius 2 is 1.28 bits per heavy atom. The zero-order valence-corrected chi connectivity index (χ0v) is 18.0. The second-order valence-corrected chi connectivity index (χ2v) is 7.98. The molecule has 7 N–H and O–H groups in total. The van der Waals surface area contributed by atoms with Crippen LogP contribution in [0.25, 0.3) is 0 Å². The maximum atomic E-state index is 12.8. The number of hydrogen-bond acceptors (Lipinski definition) is 6. The van der Waals surface area contributed by atoms with Gasteiger partial charge in [-0.2, -0.15) is 0 Å². The topological polar surface area (TPSA) is 162 Å². The lowest BCUT2D eigenvalue weighted by Gasteiger charge is -2.25. The van der Waals surface area contributed by atoms with E-state index in [1.807, 2.05) is 0 Å². The summed E-state index contributed by atoms with van der Waals surface area (Å²) in [5.41, 5.74) is 7.35. The summed E-state index contributed by atoms with van der Waals surface area (Å²) in [4.78, 5) is 37.0. The minimum atomic E-state index is -1.22. The highest BCUT2D eigenvalue weighted by atomic mass is 16.4. The van der Waals surface area contributed by atoms with Gasteiger partial charge in [0.25, 0.3) is 0 Å². The lowest BCUT2D eigenvalue weighted by molar-refractivity contribution is -0.142. The number of aromatic hydroxyl groups is 2. The van der Waals surface area contributed by atoms with E-state index in [4.69, 9.17) is 5.73 Å². The Labute approximate surface area is 186 Å². The molecule has 172 valence electrons. The molecule has 0 aromatic heterocycles. The molecular formula is C23H29N3O6. The fraction of sp³-hybridized carbons (Fsp3) is 0.348. The predicted octanol–water partition coefficient (Wildman–Crippen LogP) is 0.921. The Balaban J connectivity index is 2.02. The van der Waals surface area contributed by atoms with E-state index in [-0.39, 0.29) is 30.3 Å². The van der Waals surface area contributed by atoms with Crippen molar-refractivity contribution < 1.29 is 29.7 Å². The summed E-state index contributed by atoms with van der Waals surface area (Å²) in [5, 5.41) is 33.3. The van der Waals surface area contributed by atoms with Crippen molar-refractivity contribution >= 4 is 17.8 Å². The van der Waals surface area contributed by atoms with E-state index in [1.165, 1.54) is 24.3 Å². The number of carbonyl (C=O) groups excluding carboxylic acids is 2. The van der Waals surface area contributed by atoms with Gasteiger partial charge in [0, 0.05) is 6.42 Å². The van der Waals surface area contributed by atoms with Crippen molar-refractivity contribution in [2.24, 2.45) is 11.7 Å². The molecule has 9 heteroatoms. The van der Waals surface area contributed by atoms with Crippen molar-refractivity contribution in [3.8, 4) is 11.5 Å². The van der Waals surface area contributed by atoms with Crippen LogP contribution in [0.5, 0.6) is 11.5 Å². The number of phenolic OH excluding ortho intramolecular Hbond substituents is 2. The molecule has 0 bridgehead atoms. The lowest BCUT2D eigenvalue weighted by Crippen LogP contribution is -2.56. The van der Waals surface area contributed by atoms with Gasteiger partial charge in [0.1, 0.15) is 23.6 Å². The van der Waals surface area contributed by atoms with E-state index in [1.54, 1.807) is 38.1 Å². The van der Waals surface area contributed by atoms with Crippen LogP contribution in [0.15, 0.2) is 48.5 Å². The number of aliphatic carboxylic acids is 1. The predicted molar refractivity (Wildman–Crippen MR) is 118 cm³/mol. The lowest BCUT2D eigenvalue weighted by atomic mass is 10.00. The van der Waals surface area contributed by atoms with Crippen molar-refractivity contribution in [2.45, 2.75) is 44.8 Å². The van der Waals surface area contributed by atoms with Gasteiger partial charge < -0.3 is 31.7 Å². The van der Waals surface area contributed by atoms with Crippen LogP contribution >= 0.6 is 0 Å². The quantitative estimate of drug-likeness (QED) is 0.318. The van der Waals surface area contributed by atoms with Gasteiger partial charge in [-0.15, -0.1) is 0 Å². The summed E-state index contributed by atoms with van der Waals surface area (Å²) in [6.45, 7) is 3.46. The number of amides is 2. The third-order valence-electron chi connectivity index (χ3n) is 4.97. The standard InChI is InChI=1S/C23H29N3O6/c1-13(2)20(26-21(29)18(24)11-14-3-7-16(27)8-4-14)22(30)25-19(23(31)32)12-15-5-9-17(28)10-6-15/h3-10,13,18-20,27-28H,11-12,24H2,1-2H3,(H,25,30)(H,26,29)(H,31,32). The van der Waals surface area contributed by atoms with Gasteiger partial charge in [-0.3, -0.25) is 9.59 Å². The van der Waals surface area contributed by atoms with Crippen LogP contribution in [0, 0.1) is 5.92 Å². The summed E-state index contributed by atoms with van der Waals surface area (Å²) in [5.74, 6) is -2.56. The number of carboxylic acid groups (broad SMARTS) is 1. The maximum Gasteiger partial charge on any atom is 0.326 e. The normalized spacial score (nSPS) is 13.8. The average molecular weight is 444 g/mol. The molecule has 0 radical (unpaired) electrons. The highest BCUT2D eigenvalue weighted by Crippen LogP contribution is 2.13. The van der Waals surface area contributed by atoms with E-state index >= 15 is 0 Å². The summed E-state index contributed by atoms with van der Waals surface area (Å²) in [6, 6.07) is 9.17. The van der Waals surface area contributed by atoms with Crippen LogP contribution in [0.1, 0.15) is 25.0 Å². The first-order valence-corrected chi connectivity index (χ1v) is 10.2. The largest absolute Gasteiger partial charge is 0.508 e. The first-order valence-electron chi connectivity index (χ1n) is 10.2. The molecule has 2 aromatic rings. The number of hydrogen-bond donors (Lipinski definition) is 6.